The second-order valence-electron chi connectivity index (χ2n) is 19.0. The Hall–Kier alpha value is -7.20. The molecular weight excluding hydrogens is 1240 g/mol. The molecule has 1 heterocycles. The number of thiazole rings is 1. The van der Waals surface area contributed by atoms with E-state index in [1.165, 1.54) is 23.5 Å². The molecule has 0 saturated heterocycles. The second kappa shape index (κ2) is 29.5. The van der Waals surface area contributed by atoms with Crippen LogP contribution in [-0.2, 0) is 28.8 Å². The van der Waals surface area contributed by atoms with Crippen molar-refractivity contribution < 1.29 is 83.7 Å². The first kappa shape index (κ1) is 60.0. The third-order valence-electron chi connectivity index (χ3n) is 13.4. The number of rotatable bonds is 22. The first-order valence-electron chi connectivity index (χ1n) is 25.7. The second-order valence-corrected chi connectivity index (χ2v) is 20.0. The Kier molecular flexibility index (Phi) is 22.7. The first-order valence-corrected chi connectivity index (χ1v) is 26.5. The molecule has 0 bridgehead atoms. The minimum atomic E-state index is -0.475. The summed E-state index contributed by atoms with van der Waals surface area (Å²) in [5.41, 5.74) is 4.58. The predicted molar refractivity (Wildman–Crippen MR) is 291 cm³/mol. The standard InChI is InChI=1S/C59H62N6O11S.U/c1-5-49(66)60-31-7-33-62-54(68)39-19-24-45(25-20-39)74-57(71)42-13-11-41(12-14-42)56(70)64-47-28-29-48(53-52(47)65-51(77-53)30-23-38-10-9-36(3)35-37(38)4)76-59(73)44-17-15-43(16-18-44)58(72)75-46-26-21-40(22-27-46)55(69)63-34-8-32-61-50(67)6-2;/h5-6,9,19-29,35,41-44H,1-2,7-8,11-18,31-34H2,3-4H3,(H,60,66)(H,61,67)(H,62,68)(H,63,69)(H,64,70);/q-2;+2. The van der Waals surface area contributed by atoms with Gasteiger partial charge >= 0.3 is 49.0 Å². The summed E-state index contributed by atoms with van der Waals surface area (Å²) in [5.74, 6) is -3.49. The SMILES string of the molecule is C=CC(=O)NCCCNC(=O)c1ccc(OC(=O)C2CCC(C(=O)Nc3ccc(OC(=O)C4CCC(C(=O)Oc5ccc(C(=O)NCCCNC(=O)C=C)cc5)CC4)c4sc([C-]=Cc5[c-]cc(C)cc5C)nc34)CC2)cc1.[U+2]. The molecule has 17 nitrogen and oxygen atoms in total. The third-order valence-corrected chi connectivity index (χ3v) is 14.4. The fourth-order valence-electron chi connectivity index (χ4n) is 8.96. The van der Waals surface area contributed by atoms with Gasteiger partial charge in [-0.25, -0.2) is 11.6 Å². The molecule has 78 heavy (non-hydrogen) atoms. The number of carbonyl (C=O) groups is 8. The van der Waals surface area contributed by atoms with E-state index in [9.17, 15) is 38.4 Å². The van der Waals surface area contributed by atoms with Gasteiger partial charge < -0.3 is 52.4 Å². The molecule has 404 valence electrons. The molecule has 2 aliphatic rings. The zero-order chi connectivity index (χ0) is 54.8. The van der Waals surface area contributed by atoms with Crippen LogP contribution in [0, 0.1) is 80.8 Å². The van der Waals surface area contributed by atoms with E-state index in [1.807, 2.05) is 26.0 Å². The summed E-state index contributed by atoms with van der Waals surface area (Å²) in [4.78, 5) is 107. The van der Waals surface area contributed by atoms with E-state index in [2.05, 4.69) is 51.9 Å². The number of amides is 5. The van der Waals surface area contributed by atoms with Gasteiger partial charge in [-0.15, -0.1) is 16.9 Å². The summed E-state index contributed by atoms with van der Waals surface area (Å²) < 4.78 is 17.9. The zero-order valence-corrected chi connectivity index (χ0v) is 48.6. The molecule has 0 atom stereocenters. The van der Waals surface area contributed by atoms with Crippen molar-refractivity contribution in [2.24, 2.45) is 23.7 Å². The molecule has 4 aromatic carbocycles. The Bertz CT molecular complexity index is 2860. The van der Waals surface area contributed by atoms with E-state index in [0.29, 0.717) is 134 Å². The van der Waals surface area contributed by atoms with Gasteiger partial charge in [0.1, 0.15) is 22.8 Å². The molecule has 1 aromatic heterocycles. The molecule has 19 heteroatoms. The zero-order valence-electron chi connectivity index (χ0n) is 43.6. The average Bonchev–Trinajstić information content (AvgIpc) is 3.88. The van der Waals surface area contributed by atoms with Crippen LogP contribution < -0.4 is 40.8 Å². The van der Waals surface area contributed by atoms with Crippen LogP contribution >= 0.6 is 11.3 Å². The molecule has 5 amide bonds. The van der Waals surface area contributed by atoms with Gasteiger partial charge in [0.15, 0.2) is 0 Å². The molecule has 7 rings (SSSR count). The van der Waals surface area contributed by atoms with Crippen molar-refractivity contribution in [3.05, 3.63) is 143 Å². The summed E-state index contributed by atoms with van der Waals surface area (Å²) >= 11 is 1.26. The van der Waals surface area contributed by atoms with Crippen molar-refractivity contribution in [3.8, 4) is 17.2 Å². The Morgan fingerprint density at radius 2 is 1.10 bits per heavy atom. The van der Waals surface area contributed by atoms with Crippen LogP contribution in [0.3, 0.4) is 0 Å². The smallest absolute Gasteiger partial charge is 0.426 e. The third kappa shape index (κ3) is 17.2. The number of ether oxygens (including phenoxy) is 3. The van der Waals surface area contributed by atoms with Gasteiger partial charge in [-0.3, -0.25) is 49.4 Å². The van der Waals surface area contributed by atoms with Crippen molar-refractivity contribution in [1.82, 2.24) is 26.3 Å². The van der Waals surface area contributed by atoms with Crippen molar-refractivity contribution >= 4 is 80.8 Å². The maximum Gasteiger partial charge on any atom is 2.00 e. The van der Waals surface area contributed by atoms with Gasteiger partial charge in [-0.1, -0.05) is 27.0 Å². The maximum atomic E-state index is 13.9. The monoisotopic (exact) mass is 1300 g/mol. The van der Waals surface area contributed by atoms with Crippen LogP contribution in [0.5, 0.6) is 17.2 Å². The van der Waals surface area contributed by atoms with Gasteiger partial charge in [0.25, 0.3) is 11.8 Å². The Labute approximate surface area is 481 Å². The molecule has 2 saturated carbocycles. The van der Waals surface area contributed by atoms with Crippen molar-refractivity contribution in [1.29, 1.82) is 0 Å². The Balaban J connectivity index is 0.00000984. The van der Waals surface area contributed by atoms with Crippen LogP contribution in [0.2, 0.25) is 0 Å². The fraction of sp³-hybridized carbons (Fsp3) is 0.339. The Morgan fingerprint density at radius 1 is 0.641 bits per heavy atom. The largest absolute Gasteiger partial charge is 2.00 e. The molecule has 0 aliphatic heterocycles. The summed E-state index contributed by atoms with van der Waals surface area (Å²) in [5, 5.41) is 14.4. The summed E-state index contributed by atoms with van der Waals surface area (Å²) in [6.07, 6.45) is 11.9. The molecule has 0 radical (unpaired) electrons. The number of nitrogens with one attached hydrogen (secondary N) is 5. The number of nitrogens with zero attached hydrogens (tertiary/aromatic N) is 1. The number of aryl methyl sites for hydroxylation is 2. The summed E-state index contributed by atoms with van der Waals surface area (Å²) in [6.45, 7) is 12.3. The van der Waals surface area contributed by atoms with Gasteiger partial charge in [0, 0.05) is 48.2 Å². The Morgan fingerprint density at radius 3 is 1.58 bits per heavy atom. The van der Waals surface area contributed by atoms with Crippen LogP contribution in [-0.4, -0.2) is 78.6 Å². The molecule has 0 unspecified atom stereocenters. The van der Waals surface area contributed by atoms with E-state index in [-0.39, 0.29) is 72.3 Å². The number of hydrogen-bond donors (Lipinski definition) is 5. The van der Waals surface area contributed by atoms with E-state index >= 15 is 0 Å². The van der Waals surface area contributed by atoms with Crippen LogP contribution in [0.1, 0.15) is 107 Å². The van der Waals surface area contributed by atoms with E-state index < -0.39 is 35.7 Å². The normalized spacial score (nSPS) is 16.8. The van der Waals surface area contributed by atoms with E-state index in [0.717, 1.165) is 16.7 Å². The van der Waals surface area contributed by atoms with E-state index in [4.69, 9.17) is 19.2 Å². The number of hydrogen-bond acceptors (Lipinski definition) is 13. The van der Waals surface area contributed by atoms with Crippen molar-refractivity contribution in [2.75, 3.05) is 31.5 Å². The van der Waals surface area contributed by atoms with Crippen molar-refractivity contribution in [2.45, 2.75) is 78.1 Å². The number of anilines is 1. The van der Waals surface area contributed by atoms with Crippen LogP contribution in [0.4, 0.5) is 5.69 Å². The molecule has 2 fully saturated rings. The van der Waals surface area contributed by atoms with Crippen LogP contribution in [0.15, 0.2) is 98.1 Å². The predicted octanol–water partition coefficient (Wildman–Crippen LogP) is 8.09. The molecule has 5 N–H and O–H groups in total. The minimum Gasteiger partial charge on any atom is -0.426 e. The number of aromatic nitrogens is 1. The van der Waals surface area contributed by atoms with E-state index in [1.54, 1.807) is 66.7 Å². The summed E-state index contributed by atoms with van der Waals surface area (Å²) in [6, 6.07) is 23.0. The van der Waals surface area contributed by atoms with Crippen molar-refractivity contribution in [3.63, 3.8) is 0 Å². The van der Waals surface area contributed by atoms with Crippen LogP contribution in [0.25, 0.3) is 16.3 Å². The molecular formula is C59H62N6O11SU. The summed E-state index contributed by atoms with van der Waals surface area (Å²) in [7, 11) is 0. The van der Waals surface area contributed by atoms with Gasteiger partial charge in [-0.05, 0) is 137 Å². The van der Waals surface area contributed by atoms with Gasteiger partial charge in [-0.2, -0.15) is 12.1 Å². The number of carbonyl (C=O) groups excluding carboxylic acids is 8. The van der Waals surface area contributed by atoms with Gasteiger partial charge in [0.2, 0.25) is 17.7 Å². The first-order chi connectivity index (χ1) is 37.2. The number of fused-ring (bicyclic) bond motifs is 1. The quantitative estimate of drug-likeness (QED) is 0.0145. The average molecular weight is 1300 g/mol. The minimum absolute atomic E-state index is 0. The molecule has 2 aliphatic carbocycles. The topological polar surface area (TPSA) is 237 Å². The maximum absolute atomic E-state index is 13.9. The molecule has 0 spiro atoms. The number of benzene rings is 4. The van der Waals surface area contributed by atoms with Gasteiger partial charge in [0.05, 0.1) is 28.1 Å². The fourth-order valence-corrected chi connectivity index (χ4v) is 9.88. The number of esters is 3. The molecule has 5 aromatic rings.